The summed E-state index contributed by atoms with van der Waals surface area (Å²) in [5.74, 6) is -0.0993. The van der Waals surface area contributed by atoms with Gasteiger partial charge in [-0.05, 0) is 30.3 Å². The van der Waals surface area contributed by atoms with Gasteiger partial charge >= 0.3 is 0 Å². The summed E-state index contributed by atoms with van der Waals surface area (Å²) in [5.41, 5.74) is 1.86. The first-order valence-electron chi connectivity index (χ1n) is 8.26. The fourth-order valence-electron chi connectivity index (χ4n) is 2.98. The monoisotopic (exact) mass is 345 g/mol. The second-order valence-corrected chi connectivity index (χ2v) is 5.94. The van der Waals surface area contributed by atoms with Crippen molar-refractivity contribution >= 4 is 22.6 Å². The number of anilines is 1. The summed E-state index contributed by atoms with van der Waals surface area (Å²) in [6, 6.07) is 21.4. The number of para-hydroxylation sites is 1. The van der Waals surface area contributed by atoms with Gasteiger partial charge in [0.15, 0.2) is 0 Å². The number of hydrogen-bond donors (Lipinski definition) is 1. The van der Waals surface area contributed by atoms with Crippen LogP contribution in [0.2, 0.25) is 0 Å². The molecule has 4 nitrogen and oxygen atoms in total. The summed E-state index contributed by atoms with van der Waals surface area (Å²) in [7, 11) is 0. The van der Waals surface area contributed by atoms with Crippen molar-refractivity contribution in [2.45, 2.75) is 6.54 Å². The number of halogens is 1. The van der Waals surface area contributed by atoms with Crippen LogP contribution < -0.4 is 5.32 Å². The minimum Gasteiger partial charge on any atom is -0.332 e. The summed E-state index contributed by atoms with van der Waals surface area (Å²) in [5, 5.41) is 3.72. The van der Waals surface area contributed by atoms with E-state index in [9.17, 15) is 9.18 Å². The Balaban J connectivity index is 1.76. The first-order valence-corrected chi connectivity index (χ1v) is 8.26. The van der Waals surface area contributed by atoms with Gasteiger partial charge in [0.2, 0.25) is 0 Å². The molecule has 5 heteroatoms. The fourth-order valence-corrected chi connectivity index (χ4v) is 2.98. The second-order valence-electron chi connectivity index (χ2n) is 5.94. The largest absolute Gasteiger partial charge is 0.332 e. The van der Waals surface area contributed by atoms with E-state index in [0.29, 0.717) is 17.1 Å². The number of pyridine rings is 1. The normalized spacial score (nSPS) is 10.8. The van der Waals surface area contributed by atoms with E-state index in [0.717, 1.165) is 10.9 Å². The highest BCUT2D eigenvalue weighted by atomic mass is 19.1. The molecule has 2 aromatic heterocycles. The van der Waals surface area contributed by atoms with Gasteiger partial charge in [-0.25, -0.2) is 9.37 Å². The van der Waals surface area contributed by atoms with Gasteiger partial charge in [-0.1, -0.05) is 42.5 Å². The van der Waals surface area contributed by atoms with E-state index in [1.54, 1.807) is 42.6 Å². The molecule has 1 N–H and O–H groups in total. The van der Waals surface area contributed by atoms with Crippen LogP contribution in [0, 0.1) is 5.82 Å². The number of amides is 1. The molecular weight excluding hydrogens is 329 g/mol. The van der Waals surface area contributed by atoms with Crippen molar-refractivity contribution in [2.75, 3.05) is 5.32 Å². The predicted octanol–water partition coefficient (Wildman–Crippen LogP) is 4.48. The number of carbonyl (C=O) groups excluding carboxylic acids is 1. The summed E-state index contributed by atoms with van der Waals surface area (Å²) in [6.45, 7) is 0.269. The van der Waals surface area contributed by atoms with Crippen molar-refractivity contribution in [1.82, 2.24) is 9.55 Å². The molecule has 0 saturated carbocycles. The minimum absolute atomic E-state index is 0.269. The van der Waals surface area contributed by atoms with Crippen LogP contribution >= 0.6 is 0 Å². The smallest absolute Gasteiger partial charge is 0.273 e. The Bertz CT molecular complexity index is 1070. The van der Waals surface area contributed by atoms with Gasteiger partial charge in [-0.15, -0.1) is 0 Å². The molecule has 4 rings (SSSR count). The van der Waals surface area contributed by atoms with E-state index >= 15 is 0 Å². The Hall–Kier alpha value is -3.47. The zero-order chi connectivity index (χ0) is 17.9. The van der Waals surface area contributed by atoms with Gasteiger partial charge in [-0.3, -0.25) is 4.79 Å². The quantitative estimate of drug-likeness (QED) is 0.593. The lowest BCUT2D eigenvalue weighted by atomic mass is 10.2. The molecule has 0 aliphatic heterocycles. The van der Waals surface area contributed by atoms with Crippen molar-refractivity contribution in [3.8, 4) is 0 Å². The van der Waals surface area contributed by atoms with E-state index in [-0.39, 0.29) is 18.3 Å². The number of nitrogens with one attached hydrogen (secondary N) is 1. The number of carbonyl (C=O) groups is 1. The van der Waals surface area contributed by atoms with Crippen LogP contribution in [-0.2, 0) is 6.54 Å². The highest BCUT2D eigenvalue weighted by Gasteiger charge is 2.17. The molecule has 0 aliphatic carbocycles. The highest BCUT2D eigenvalue weighted by Crippen LogP contribution is 2.23. The summed E-state index contributed by atoms with van der Waals surface area (Å²) < 4.78 is 16.0. The first-order chi connectivity index (χ1) is 12.7. The summed E-state index contributed by atoms with van der Waals surface area (Å²) >= 11 is 0. The maximum Gasteiger partial charge on any atom is 0.273 e. The predicted molar refractivity (Wildman–Crippen MR) is 99.6 cm³/mol. The van der Waals surface area contributed by atoms with Gasteiger partial charge < -0.3 is 9.88 Å². The third-order valence-corrected chi connectivity index (χ3v) is 4.24. The molecule has 0 saturated heterocycles. The van der Waals surface area contributed by atoms with E-state index in [1.807, 2.05) is 34.9 Å². The third-order valence-electron chi connectivity index (χ3n) is 4.24. The fraction of sp³-hybridized carbons (Fsp3) is 0.0476. The topological polar surface area (TPSA) is 46.9 Å². The Morgan fingerprint density at radius 2 is 1.77 bits per heavy atom. The van der Waals surface area contributed by atoms with Crippen molar-refractivity contribution in [3.63, 3.8) is 0 Å². The molecule has 0 fully saturated rings. The Morgan fingerprint density at radius 3 is 2.58 bits per heavy atom. The Labute approximate surface area is 149 Å². The van der Waals surface area contributed by atoms with Gasteiger partial charge in [-0.2, -0.15) is 0 Å². The number of aromatic nitrogens is 2. The minimum atomic E-state index is -0.290. The van der Waals surface area contributed by atoms with Gasteiger partial charge in [0, 0.05) is 22.7 Å². The second kappa shape index (κ2) is 6.80. The van der Waals surface area contributed by atoms with Crippen LogP contribution in [0.4, 0.5) is 10.2 Å². The standard InChI is InChI=1S/C21H16FN3O/c22-17-9-3-1-8-16(17)14-25-18-10-4-2-7-15(18)13-19(25)21(26)24-20-11-5-6-12-23-20/h1-13H,14H2,(H,23,24,26). The van der Waals surface area contributed by atoms with E-state index in [1.165, 1.54) is 6.07 Å². The number of nitrogens with zero attached hydrogens (tertiary/aromatic N) is 2. The van der Waals surface area contributed by atoms with Crippen LogP contribution in [0.1, 0.15) is 16.1 Å². The lowest BCUT2D eigenvalue weighted by Gasteiger charge is -2.12. The zero-order valence-corrected chi connectivity index (χ0v) is 13.9. The van der Waals surface area contributed by atoms with E-state index in [2.05, 4.69) is 10.3 Å². The highest BCUT2D eigenvalue weighted by molar-refractivity contribution is 6.06. The number of fused-ring (bicyclic) bond motifs is 1. The molecule has 4 aromatic rings. The molecule has 0 atom stereocenters. The molecule has 0 radical (unpaired) electrons. The molecular formula is C21H16FN3O. The molecule has 0 unspecified atom stereocenters. The summed E-state index contributed by atoms with van der Waals surface area (Å²) in [6.07, 6.45) is 1.62. The van der Waals surface area contributed by atoms with Crippen LogP contribution in [0.5, 0.6) is 0 Å². The van der Waals surface area contributed by atoms with Gasteiger partial charge in [0.05, 0.1) is 6.54 Å². The van der Waals surface area contributed by atoms with Crippen molar-refractivity contribution in [3.05, 3.63) is 96.1 Å². The number of hydrogen-bond acceptors (Lipinski definition) is 2. The van der Waals surface area contributed by atoms with Crippen LogP contribution in [-0.4, -0.2) is 15.5 Å². The van der Waals surface area contributed by atoms with Crippen molar-refractivity contribution < 1.29 is 9.18 Å². The van der Waals surface area contributed by atoms with Crippen molar-refractivity contribution in [2.24, 2.45) is 0 Å². The molecule has 26 heavy (non-hydrogen) atoms. The lowest BCUT2D eigenvalue weighted by molar-refractivity contribution is 0.101. The molecule has 2 aromatic carbocycles. The molecule has 0 bridgehead atoms. The van der Waals surface area contributed by atoms with Gasteiger partial charge in [0.25, 0.3) is 5.91 Å². The van der Waals surface area contributed by atoms with Crippen LogP contribution in [0.3, 0.4) is 0 Å². The molecule has 0 aliphatic rings. The number of benzene rings is 2. The number of rotatable bonds is 4. The maximum absolute atomic E-state index is 14.1. The van der Waals surface area contributed by atoms with Crippen LogP contribution in [0.25, 0.3) is 10.9 Å². The van der Waals surface area contributed by atoms with E-state index < -0.39 is 0 Å². The molecule has 1 amide bonds. The zero-order valence-electron chi connectivity index (χ0n) is 13.9. The average molecular weight is 345 g/mol. The molecule has 128 valence electrons. The summed E-state index contributed by atoms with van der Waals surface area (Å²) in [4.78, 5) is 16.9. The van der Waals surface area contributed by atoms with Crippen LogP contribution in [0.15, 0.2) is 79.0 Å². The average Bonchev–Trinajstić information content (AvgIpc) is 3.03. The first kappa shape index (κ1) is 16.0. The molecule has 0 spiro atoms. The van der Waals surface area contributed by atoms with Crippen molar-refractivity contribution in [1.29, 1.82) is 0 Å². The van der Waals surface area contributed by atoms with Gasteiger partial charge in [0.1, 0.15) is 17.3 Å². The SMILES string of the molecule is O=C(Nc1ccccn1)c1cc2ccccc2n1Cc1ccccc1F. The Kier molecular flexibility index (Phi) is 4.19. The maximum atomic E-state index is 14.1. The molecule has 2 heterocycles. The lowest BCUT2D eigenvalue weighted by Crippen LogP contribution is -2.18. The van der Waals surface area contributed by atoms with E-state index in [4.69, 9.17) is 0 Å². The Morgan fingerprint density at radius 1 is 1.00 bits per heavy atom. The third kappa shape index (κ3) is 3.07.